The SMILES string of the molecule is CN(CCn1nc(-c2cccc(Br)c2)c2cnccc21)CC(O)COc1ccc(-c2noc3cc(F)ccc23)cc1. The molecule has 0 aliphatic carbocycles. The number of hydrogen-bond donors (Lipinski definition) is 1. The number of ether oxygens (including phenoxy) is 1. The lowest BCUT2D eigenvalue weighted by Crippen LogP contribution is -2.35. The van der Waals surface area contributed by atoms with Crippen molar-refractivity contribution in [1.29, 1.82) is 0 Å². The fraction of sp³-hybridized carbons (Fsp3) is 0.194. The molecule has 0 spiro atoms. The van der Waals surface area contributed by atoms with E-state index >= 15 is 0 Å². The maximum Gasteiger partial charge on any atom is 0.170 e. The van der Waals surface area contributed by atoms with Crippen molar-refractivity contribution in [3.63, 3.8) is 0 Å². The number of nitrogens with zero attached hydrogens (tertiary/aromatic N) is 5. The van der Waals surface area contributed by atoms with E-state index in [4.69, 9.17) is 14.4 Å². The molecule has 0 radical (unpaired) electrons. The lowest BCUT2D eigenvalue weighted by molar-refractivity contribution is 0.0752. The third-order valence-corrected chi connectivity index (χ3v) is 7.36. The lowest BCUT2D eigenvalue weighted by Gasteiger charge is -2.21. The second kappa shape index (κ2) is 11.8. The minimum atomic E-state index is -0.676. The van der Waals surface area contributed by atoms with E-state index in [-0.39, 0.29) is 12.4 Å². The monoisotopic (exact) mass is 615 g/mol. The fourth-order valence-corrected chi connectivity index (χ4v) is 5.23. The van der Waals surface area contributed by atoms with Crippen molar-refractivity contribution in [2.24, 2.45) is 0 Å². The highest BCUT2D eigenvalue weighted by Gasteiger charge is 2.15. The van der Waals surface area contributed by atoms with Gasteiger partial charge in [0.25, 0.3) is 0 Å². The molecule has 6 aromatic rings. The molecule has 0 aliphatic heterocycles. The zero-order valence-corrected chi connectivity index (χ0v) is 23.8. The van der Waals surface area contributed by atoms with Gasteiger partial charge in [-0.2, -0.15) is 5.10 Å². The van der Waals surface area contributed by atoms with Gasteiger partial charge in [-0.25, -0.2) is 4.39 Å². The standard InChI is InChI=1S/C31H27BrFN5O3/c1-37(13-14-38-28-11-12-34-17-27(28)30(35-38)21-3-2-4-22(32)15-21)18-24(39)19-40-25-8-5-20(6-9-25)31-26-10-7-23(33)16-29(26)41-36-31/h2-12,15-17,24,39H,13-14,18-19H2,1H3. The molecule has 1 N–H and O–H groups in total. The summed E-state index contributed by atoms with van der Waals surface area (Å²) in [4.78, 5) is 6.36. The van der Waals surface area contributed by atoms with Crippen LogP contribution in [0.3, 0.4) is 0 Å². The van der Waals surface area contributed by atoms with Crippen molar-refractivity contribution in [2.45, 2.75) is 12.6 Å². The Hall–Kier alpha value is -4.12. The summed E-state index contributed by atoms with van der Waals surface area (Å²) in [5.74, 6) is 0.261. The van der Waals surface area contributed by atoms with Crippen molar-refractivity contribution >= 4 is 37.8 Å². The zero-order chi connectivity index (χ0) is 28.3. The van der Waals surface area contributed by atoms with Crippen molar-refractivity contribution in [1.82, 2.24) is 24.8 Å². The van der Waals surface area contributed by atoms with Gasteiger partial charge in [-0.05, 0) is 61.6 Å². The van der Waals surface area contributed by atoms with Crippen LogP contribution in [0.4, 0.5) is 4.39 Å². The summed E-state index contributed by atoms with van der Waals surface area (Å²) in [5, 5.41) is 21.3. The van der Waals surface area contributed by atoms with Crippen LogP contribution in [-0.2, 0) is 6.54 Å². The Morgan fingerprint density at radius 3 is 2.71 bits per heavy atom. The highest BCUT2D eigenvalue weighted by atomic mass is 79.9. The van der Waals surface area contributed by atoms with Crippen molar-refractivity contribution < 1.29 is 18.8 Å². The number of pyridine rings is 1. The molecule has 0 bridgehead atoms. The van der Waals surface area contributed by atoms with Crippen LogP contribution in [0.1, 0.15) is 0 Å². The van der Waals surface area contributed by atoms with Crippen LogP contribution >= 0.6 is 15.9 Å². The predicted octanol–water partition coefficient (Wildman–Crippen LogP) is 6.18. The summed E-state index contributed by atoms with van der Waals surface area (Å²) in [6.07, 6.45) is 2.95. The van der Waals surface area contributed by atoms with E-state index in [0.717, 1.165) is 37.6 Å². The van der Waals surface area contributed by atoms with E-state index in [1.54, 1.807) is 12.3 Å². The smallest absolute Gasteiger partial charge is 0.170 e. The summed E-state index contributed by atoms with van der Waals surface area (Å²) >= 11 is 3.54. The van der Waals surface area contributed by atoms with Gasteiger partial charge in [0, 0.05) is 57.9 Å². The second-order valence-electron chi connectivity index (χ2n) is 9.90. The maximum absolute atomic E-state index is 13.4. The van der Waals surface area contributed by atoms with Gasteiger partial charge < -0.3 is 19.3 Å². The topological polar surface area (TPSA) is 89.4 Å². The van der Waals surface area contributed by atoms with Gasteiger partial charge in [-0.3, -0.25) is 9.67 Å². The van der Waals surface area contributed by atoms with Gasteiger partial charge >= 0.3 is 0 Å². The number of likely N-dealkylation sites (N-methyl/N-ethyl adjacent to an activating group) is 1. The molecular formula is C31H27BrFN5O3. The number of rotatable bonds is 10. The first-order chi connectivity index (χ1) is 19.9. The first-order valence-electron chi connectivity index (χ1n) is 13.2. The Labute approximate surface area is 244 Å². The number of aliphatic hydroxyl groups is 1. The van der Waals surface area contributed by atoms with Gasteiger partial charge in [-0.1, -0.05) is 33.2 Å². The molecule has 0 amide bonds. The zero-order valence-electron chi connectivity index (χ0n) is 22.2. The van der Waals surface area contributed by atoms with Crippen LogP contribution in [0.5, 0.6) is 5.75 Å². The molecule has 3 aromatic heterocycles. The third-order valence-electron chi connectivity index (χ3n) is 6.87. The molecule has 1 unspecified atom stereocenters. The molecule has 0 saturated heterocycles. The summed E-state index contributed by atoms with van der Waals surface area (Å²) < 4.78 is 27.5. The van der Waals surface area contributed by atoms with Crippen molar-refractivity contribution in [3.05, 3.63) is 95.5 Å². The number of aliphatic hydroxyl groups excluding tert-OH is 1. The first-order valence-corrected chi connectivity index (χ1v) is 13.9. The summed E-state index contributed by atoms with van der Waals surface area (Å²) in [6.45, 7) is 1.94. The van der Waals surface area contributed by atoms with E-state index in [0.29, 0.717) is 36.7 Å². The predicted molar refractivity (Wildman–Crippen MR) is 159 cm³/mol. The Morgan fingerprint density at radius 2 is 1.88 bits per heavy atom. The quantitative estimate of drug-likeness (QED) is 0.197. The third kappa shape index (κ3) is 6.00. The first kappa shape index (κ1) is 27.1. The van der Waals surface area contributed by atoms with Gasteiger partial charge in [0.1, 0.15) is 35.7 Å². The van der Waals surface area contributed by atoms with Crippen LogP contribution in [0.2, 0.25) is 0 Å². The van der Waals surface area contributed by atoms with E-state index in [1.807, 2.05) is 72.5 Å². The number of hydrogen-bond acceptors (Lipinski definition) is 7. The molecule has 3 heterocycles. The normalized spacial score (nSPS) is 12.4. The number of benzene rings is 3. The number of fused-ring (bicyclic) bond motifs is 2. The second-order valence-corrected chi connectivity index (χ2v) is 10.8. The highest BCUT2D eigenvalue weighted by molar-refractivity contribution is 9.10. The molecule has 10 heteroatoms. The van der Waals surface area contributed by atoms with Crippen LogP contribution in [-0.4, -0.2) is 62.8 Å². The Balaban J connectivity index is 1.04. The van der Waals surface area contributed by atoms with E-state index in [1.165, 1.54) is 12.1 Å². The Kier molecular flexibility index (Phi) is 7.78. The molecule has 0 fully saturated rings. The molecular weight excluding hydrogens is 589 g/mol. The minimum absolute atomic E-state index is 0.152. The molecule has 1 atom stereocenters. The summed E-state index contributed by atoms with van der Waals surface area (Å²) in [7, 11) is 1.97. The van der Waals surface area contributed by atoms with Crippen LogP contribution in [0, 0.1) is 5.82 Å². The average Bonchev–Trinajstić information content (AvgIpc) is 3.57. The van der Waals surface area contributed by atoms with Gasteiger partial charge in [-0.15, -0.1) is 0 Å². The maximum atomic E-state index is 13.4. The molecule has 0 saturated carbocycles. The van der Waals surface area contributed by atoms with Crippen LogP contribution < -0.4 is 4.74 Å². The largest absolute Gasteiger partial charge is 0.491 e. The van der Waals surface area contributed by atoms with Gasteiger partial charge in [0.2, 0.25) is 0 Å². The van der Waals surface area contributed by atoms with E-state index in [9.17, 15) is 9.50 Å². The van der Waals surface area contributed by atoms with Gasteiger partial charge in [0.15, 0.2) is 5.58 Å². The lowest BCUT2D eigenvalue weighted by atomic mass is 10.1. The van der Waals surface area contributed by atoms with Crippen LogP contribution in [0.25, 0.3) is 44.4 Å². The molecule has 0 aliphatic rings. The Bertz CT molecular complexity index is 1800. The molecule has 6 rings (SSSR count). The van der Waals surface area contributed by atoms with E-state index < -0.39 is 6.10 Å². The molecule has 8 nitrogen and oxygen atoms in total. The van der Waals surface area contributed by atoms with Crippen molar-refractivity contribution in [2.75, 3.05) is 26.7 Å². The molecule has 208 valence electrons. The Morgan fingerprint density at radius 1 is 1.02 bits per heavy atom. The molecule has 41 heavy (non-hydrogen) atoms. The number of aromatic nitrogens is 4. The summed E-state index contributed by atoms with van der Waals surface area (Å²) in [6, 6.07) is 21.8. The van der Waals surface area contributed by atoms with E-state index in [2.05, 4.69) is 31.0 Å². The highest BCUT2D eigenvalue weighted by Crippen LogP contribution is 2.30. The van der Waals surface area contributed by atoms with Crippen molar-refractivity contribution in [3.8, 4) is 28.3 Å². The van der Waals surface area contributed by atoms with Gasteiger partial charge in [0.05, 0.1) is 12.1 Å². The summed E-state index contributed by atoms with van der Waals surface area (Å²) in [5.41, 5.74) is 4.79. The molecule has 3 aromatic carbocycles. The number of halogens is 2. The minimum Gasteiger partial charge on any atom is -0.491 e. The van der Waals surface area contributed by atoms with Crippen LogP contribution in [0.15, 0.2) is 94.2 Å². The fourth-order valence-electron chi connectivity index (χ4n) is 4.83. The average molecular weight is 616 g/mol.